The van der Waals surface area contributed by atoms with E-state index >= 15 is 0 Å². The summed E-state index contributed by atoms with van der Waals surface area (Å²) in [6.45, 7) is 4.93. The maximum absolute atomic E-state index is 5.54. The molecule has 0 radical (unpaired) electrons. The monoisotopic (exact) mass is 385 g/mol. The summed E-state index contributed by atoms with van der Waals surface area (Å²) in [7, 11) is 1.70. The predicted molar refractivity (Wildman–Crippen MR) is 113 cm³/mol. The van der Waals surface area contributed by atoms with Crippen molar-refractivity contribution in [1.29, 1.82) is 0 Å². The Balaban J connectivity index is 1.89. The number of hydrogen-bond donors (Lipinski definition) is 0. The van der Waals surface area contributed by atoms with Gasteiger partial charge in [0.2, 0.25) is 0 Å². The molecule has 146 valence electrons. The number of hydrogen-bond acceptors (Lipinski definition) is 4. The molecule has 0 amide bonds. The highest BCUT2D eigenvalue weighted by atomic mass is 16.5. The van der Waals surface area contributed by atoms with Crippen molar-refractivity contribution >= 4 is 0 Å². The van der Waals surface area contributed by atoms with Crippen LogP contribution >= 0.6 is 0 Å². The van der Waals surface area contributed by atoms with Crippen molar-refractivity contribution in [3.8, 4) is 22.5 Å². The third kappa shape index (κ3) is 3.88. The van der Waals surface area contributed by atoms with Gasteiger partial charge in [0, 0.05) is 30.6 Å². The fourth-order valence-corrected chi connectivity index (χ4v) is 3.45. The molecule has 3 aromatic heterocycles. The van der Waals surface area contributed by atoms with Crippen LogP contribution in [0.3, 0.4) is 0 Å². The lowest BCUT2D eigenvalue weighted by atomic mass is 10.1. The Hall–Kier alpha value is -3.51. The minimum absolute atomic E-state index is 0.107. The average Bonchev–Trinajstić information content (AvgIpc) is 3.40. The summed E-state index contributed by atoms with van der Waals surface area (Å²) < 4.78 is 9.53. The van der Waals surface area contributed by atoms with E-state index in [1.165, 1.54) is 0 Å². The zero-order valence-electron chi connectivity index (χ0n) is 16.3. The average molecular weight is 385 g/mol. The smallest absolute Gasteiger partial charge is 0.100 e. The highest BCUT2D eigenvalue weighted by molar-refractivity contribution is 5.78. The van der Waals surface area contributed by atoms with Crippen molar-refractivity contribution < 1.29 is 4.74 Å². The van der Waals surface area contributed by atoms with Crippen LogP contribution in [0.25, 0.3) is 22.5 Å². The molecule has 6 heteroatoms. The van der Waals surface area contributed by atoms with Crippen LogP contribution in [0, 0.1) is 0 Å². The van der Waals surface area contributed by atoms with Gasteiger partial charge in [0.1, 0.15) is 6.04 Å². The van der Waals surface area contributed by atoms with E-state index in [-0.39, 0.29) is 6.04 Å². The minimum Gasteiger partial charge on any atom is -0.382 e. The second-order valence-corrected chi connectivity index (χ2v) is 6.68. The van der Waals surface area contributed by atoms with Crippen molar-refractivity contribution in [3.05, 3.63) is 91.8 Å². The number of rotatable bonds is 8. The standard InChI is InChI=1S/C23H23N5O/c1-3-13-27-15-19(14-26-27)23-22(18-9-5-4-6-10-18)25-17-28(23)21(16-29-2)20-11-7-8-12-24-20/h3-12,14-15,17,21H,1,13,16H2,2H3. The molecule has 0 fully saturated rings. The van der Waals surface area contributed by atoms with Crippen LogP contribution in [0.15, 0.2) is 86.1 Å². The largest absolute Gasteiger partial charge is 0.382 e. The van der Waals surface area contributed by atoms with Gasteiger partial charge < -0.3 is 9.30 Å². The molecular weight excluding hydrogens is 362 g/mol. The van der Waals surface area contributed by atoms with Gasteiger partial charge in [-0.25, -0.2) is 4.98 Å². The van der Waals surface area contributed by atoms with Crippen molar-refractivity contribution in [1.82, 2.24) is 24.3 Å². The fraction of sp³-hybridized carbons (Fsp3) is 0.174. The van der Waals surface area contributed by atoms with E-state index in [1.807, 2.05) is 65.9 Å². The Morgan fingerprint density at radius 2 is 1.90 bits per heavy atom. The van der Waals surface area contributed by atoms with Gasteiger partial charge >= 0.3 is 0 Å². The molecule has 0 saturated carbocycles. The highest BCUT2D eigenvalue weighted by Gasteiger charge is 2.23. The summed E-state index contributed by atoms with van der Waals surface area (Å²) in [5.74, 6) is 0. The first-order valence-corrected chi connectivity index (χ1v) is 9.47. The number of nitrogens with zero attached hydrogens (tertiary/aromatic N) is 5. The summed E-state index contributed by atoms with van der Waals surface area (Å²) >= 11 is 0. The molecule has 0 aliphatic heterocycles. The quantitative estimate of drug-likeness (QED) is 0.426. The van der Waals surface area contributed by atoms with E-state index in [4.69, 9.17) is 9.72 Å². The number of benzene rings is 1. The van der Waals surface area contributed by atoms with Crippen molar-refractivity contribution in [2.24, 2.45) is 0 Å². The number of methoxy groups -OCH3 is 1. The Morgan fingerprint density at radius 1 is 1.07 bits per heavy atom. The lowest BCUT2D eigenvalue weighted by molar-refractivity contribution is 0.168. The Bertz CT molecular complexity index is 1070. The van der Waals surface area contributed by atoms with Gasteiger partial charge in [-0.05, 0) is 12.1 Å². The second-order valence-electron chi connectivity index (χ2n) is 6.68. The molecule has 0 saturated heterocycles. The maximum atomic E-state index is 5.54. The van der Waals surface area contributed by atoms with E-state index in [0.29, 0.717) is 13.2 Å². The molecule has 3 heterocycles. The van der Waals surface area contributed by atoms with Crippen LogP contribution in [-0.4, -0.2) is 38.0 Å². The van der Waals surface area contributed by atoms with Gasteiger partial charge in [-0.3, -0.25) is 9.67 Å². The van der Waals surface area contributed by atoms with E-state index < -0.39 is 0 Å². The molecule has 1 aromatic carbocycles. The molecule has 0 spiro atoms. The van der Waals surface area contributed by atoms with Crippen LogP contribution in [-0.2, 0) is 11.3 Å². The van der Waals surface area contributed by atoms with Gasteiger partial charge in [0.25, 0.3) is 0 Å². The normalized spacial score (nSPS) is 12.0. The van der Waals surface area contributed by atoms with Crippen LogP contribution < -0.4 is 0 Å². The topological polar surface area (TPSA) is 57.8 Å². The fourth-order valence-electron chi connectivity index (χ4n) is 3.45. The van der Waals surface area contributed by atoms with Crippen molar-refractivity contribution in [2.75, 3.05) is 13.7 Å². The molecular formula is C23H23N5O. The molecule has 4 rings (SSSR count). The van der Waals surface area contributed by atoms with E-state index in [0.717, 1.165) is 28.2 Å². The maximum Gasteiger partial charge on any atom is 0.100 e. The van der Waals surface area contributed by atoms with Crippen molar-refractivity contribution in [2.45, 2.75) is 12.6 Å². The zero-order valence-corrected chi connectivity index (χ0v) is 16.3. The third-order valence-corrected chi connectivity index (χ3v) is 4.75. The van der Waals surface area contributed by atoms with Crippen LogP contribution in [0.1, 0.15) is 11.7 Å². The van der Waals surface area contributed by atoms with Gasteiger partial charge in [-0.2, -0.15) is 5.10 Å². The molecule has 1 atom stereocenters. The van der Waals surface area contributed by atoms with Crippen LogP contribution in [0.2, 0.25) is 0 Å². The Morgan fingerprint density at radius 3 is 2.62 bits per heavy atom. The van der Waals surface area contributed by atoms with Gasteiger partial charge in [0.05, 0.1) is 42.8 Å². The summed E-state index contributed by atoms with van der Waals surface area (Å²) in [6, 6.07) is 16.0. The van der Waals surface area contributed by atoms with E-state index in [2.05, 4.69) is 33.4 Å². The number of imidazole rings is 1. The summed E-state index contributed by atoms with van der Waals surface area (Å²) in [6.07, 6.45) is 9.37. The van der Waals surface area contributed by atoms with Crippen molar-refractivity contribution in [3.63, 3.8) is 0 Å². The lowest BCUT2D eigenvalue weighted by Crippen LogP contribution is -2.17. The summed E-state index contributed by atoms with van der Waals surface area (Å²) in [5.41, 5.74) is 4.85. The lowest BCUT2D eigenvalue weighted by Gasteiger charge is -2.20. The molecule has 4 aromatic rings. The van der Waals surface area contributed by atoms with E-state index in [9.17, 15) is 0 Å². The van der Waals surface area contributed by atoms with Gasteiger partial charge in [-0.15, -0.1) is 6.58 Å². The zero-order chi connectivity index (χ0) is 20.1. The second kappa shape index (κ2) is 8.67. The first-order valence-electron chi connectivity index (χ1n) is 9.47. The predicted octanol–water partition coefficient (Wildman–Crippen LogP) is 4.23. The molecule has 29 heavy (non-hydrogen) atoms. The molecule has 0 aliphatic rings. The highest BCUT2D eigenvalue weighted by Crippen LogP contribution is 2.34. The van der Waals surface area contributed by atoms with E-state index in [1.54, 1.807) is 13.3 Å². The third-order valence-electron chi connectivity index (χ3n) is 4.75. The number of allylic oxidation sites excluding steroid dienone is 1. The summed E-state index contributed by atoms with van der Waals surface area (Å²) in [5, 5.41) is 4.47. The molecule has 6 nitrogen and oxygen atoms in total. The van der Waals surface area contributed by atoms with Gasteiger partial charge in [-0.1, -0.05) is 42.5 Å². The molecule has 0 bridgehead atoms. The summed E-state index contributed by atoms with van der Waals surface area (Å²) in [4.78, 5) is 9.33. The first kappa shape index (κ1) is 18.8. The Kier molecular flexibility index (Phi) is 5.63. The van der Waals surface area contributed by atoms with Crippen LogP contribution in [0.5, 0.6) is 0 Å². The SMILES string of the molecule is C=CCn1cc(-c2c(-c3ccccc3)ncn2C(COC)c2ccccn2)cn1. The first-order chi connectivity index (χ1) is 14.3. The van der Waals surface area contributed by atoms with Crippen LogP contribution in [0.4, 0.5) is 0 Å². The van der Waals surface area contributed by atoms with Gasteiger partial charge in [0.15, 0.2) is 0 Å². The number of pyridine rings is 1. The minimum atomic E-state index is -0.107. The molecule has 1 unspecified atom stereocenters. The molecule has 0 N–H and O–H groups in total. The Labute approximate surface area is 170 Å². The molecule has 0 aliphatic carbocycles. The number of ether oxygens (including phenoxy) is 1. The number of aromatic nitrogens is 5.